The molecule has 3 rings (SSSR count). The molecule has 1 unspecified atom stereocenters. The Kier molecular flexibility index (Phi) is 6.79. The molecule has 0 saturated carbocycles. The maximum atomic E-state index is 13.4. The van der Waals surface area contributed by atoms with Crippen molar-refractivity contribution in [2.45, 2.75) is 32.1 Å². The SMILES string of the molecule is CCN1CCN(CCCCNC(=O)C2CC(=O)Nc3cc(F)ccc32)CC1. The fourth-order valence-corrected chi connectivity index (χ4v) is 3.80. The second-order valence-electron chi connectivity index (χ2n) is 7.31. The molecule has 0 aliphatic carbocycles. The second-order valence-corrected chi connectivity index (χ2v) is 7.31. The Balaban J connectivity index is 1.40. The van der Waals surface area contributed by atoms with Crippen molar-refractivity contribution in [3.63, 3.8) is 0 Å². The lowest BCUT2D eigenvalue weighted by Gasteiger charge is -2.34. The quantitative estimate of drug-likeness (QED) is 0.712. The van der Waals surface area contributed by atoms with E-state index in [9.17, 15) is 14.0 Å². The molecule has 0 spiro atoms. The zero-order chi connectivity index (χ0) is 19.2. The van der Waals surface area contributed by atoms with Crippen LogP contribution in [0.3, 0.4) is 0 Å². The number of nitrogens with zero attached hydrogens (tertiary/aromatic N) is 2. The van der Waals surface area contributed by atoms with E-state index in [2.05, 4.69) is 27.4 Å². The Hall–Kier alpha value is -1.99. The van der Waals surface area contributed by atoms with Crippen LogP contribution in [0.2, 0.25) is 0 Å². The largest absolute Gasteiger partial charge is 0.356 e. The van der Waals surface area contributed by atoms with Gasteiger partial charge in [0.15, 0.2) is 0 Å². The number of unbranched alkanes of at least 4 members (excludes halogenated alkanes) is 1. The van der Waals surface area contributed by atoms with Crippen LogP contribution in [0.1, 0.15) is 37.7 Å². The Morgan fingerprint density at radius 1 is 1.22 bits per heavy atom. The molecule has 2 aliphatic heterocycles. The maximum Gasteiger partial charge on any atom is 0.228 e. The minimum atomic E-state index is -0.545. The highest BCUT2D eigenvalue weighted by Gasteiger charge is 2.30. The predicted octanol–water partition coefficient (Wildman–Crippen LogP) is 1.79. The van der Waals surface area contributed by atoms with E-state index in [1.54, 1.807) is 6.07 Å². The van der Waals surface area contributed by atoms with Gasteiger partial charge < -0.3 is 20.4 Å². The average Bonchev–Trinajstić information content (AvgIpc) is 2.67. The molecule has 0 aromatic heterocycles. The molecular formula is C20H29FN4O2. The number of likely N-dealkylation sites (N-methyl/N-ethyl adjacent to an activating group) is 1. The topological polar surface area (TPSA) is 64.7 Å². The standard InChI is InChI=1S/C20H29FN4O2/c1-2-24-9-11-25(12-10-24)8-4-3-7-22-20(27)17-14-19(26)23-18-13-15(21)5-6-16(17)18/h5-6,13,17H,2-4,7-12,14H2,1H3,(H,22,27)(H,23,26). The van der Waals surface area contributed by atoms with E-state index < -0.39 is 11.7 Å². The number of anilines is 1. The third-order valence-electron chi connectivity index (χ3n) is 5.48. The van der Waals surface area contributed by atoms with E-state index in [0.29, 0.717) is 17.8 Å². The van der Waals surface area contributed by atoms with Crippen LogP contribution >= 0.6 is 0 Å². The summed E-state index contributed by atoms with van der Waals surface area (Å²) in [5, 5.41) is 5.58. The fourth-order valence-electron chi connectivity index (χ4n) is 3.80. The molecule has 148 valence electrons. The van der Waals surface area contributed by atoms with Crippen LogP contribution in [-0.4, -0.2) is 67.4 Å². The fraction of sp³-hybridized carbons (Fsp3) is 0.600. The van der Waals surface area contributed by atoms with Gasteiger partial charge in [0.2, 0.25) is 11.8 Å². The molecular weight excluding hydrogens is 347 g/mol. The average molecular weight is 376 g/mol. The van der Waals surface area contributed by atoms with Gasteiger partial charge in [0.05, 0.1) is 5.92 Å². The van der Waals surface area contributed by atoms with Gasteiger partial charge in [-0.1, -0.05) is 13.0 Å². The number of piperazine rings is 1. The Morgan fingerprint density at radius 3 is 2.70 bits per heavy atom. The van der Waals surface area contributed by atoms with Crippen molar-refractivity contribution in [3.8, 4) is 0 Å². The summed E-state index contributed by atoms with van der Waals surface area (Å²) in [6.07, 6.45) is 2.06. The molecule has 1 fully saturated rings. The van der Waals surface area contributed by atoms with E-state index in [0.717, 1.165) is 52.1 Å². The van der Waals surface area contributed by atoms with Gasteiger partial charge in [-0.05, 0) is 43.6 Å². The summed E-state index contributed by atoms with van der Waals surface area (Å²) in [5.41, 5.74) is 1.08. The zero-order valence-corrected chi connectivity index (χ0v) is 16.0. The van der Waals surface area contributed by atoms with Gasteiger partial charge in [-0.2, -0.15) is 0 Å². The normalized spacial score (nSPS) is 20.8. The molecule has 2 aliphatic rings. The van der Waals surface area contributed by atoms with Crippen LogP contribution in [-0.2, 0) is 9.59 Å². The van der Waals surface area contributed by atoms with Gasteiger partial charge in [0.25, 0.3) is 0 Å². The van der Waals surface area contributed by atoms with Crippen LogP contribution in [0.5, 0.6) is 0 Å². The van der Waals surface area contributed by atoms with Gasteiger partial charge in [0, 0.05) is 44.8 Å². The molecule has 6 nitrogen and oxygen atoms in total. The molecule has 7 heteroatoms. The molecule has 2 heterocycles. The minimum absolute atomic E-state index is 0.103. The highest BCUT2D eigenvalue weighted by Crippen LogP contribution is 2.32. The van der Waals surface area contributed by atoms with Crippen molar-refractivity contribution < 1.29 is 14.0 Å². The zero-order valence-electron chi connectivity index (χ0n) is 16.0. The predicted molar refractivity (Wildman–Crippen MR) is 103 cm³/mol. The molecule has 0 radical (unpaired) electrons. The minimum Gasteiger partial charge on any atom is -0.356 e. The third kappa shape index (κ3) is 5.26. The summed E-state index contributed by atoms with van der Waals surface area (Å²) in [7, 11) is 0. The lowest BCUT2D eigenvalue weighted by atomic mass is 9.89. The molecule has 1 aromatic carbocycles. The van der Waals surface area contributed by atoms with Crippen molar-refractivity contribution in [1.29, 1.82) is 0 Å². The van der Waals surface area contributed by atoms with Crippen molar-refractivity contribution in [2.75, 3.05) is 51.1 Å². The molecule has 0 bridgehead atoms. The first-order valence-corrected chi connectivity index (χ1v) is 9.88. The third-order valence-corrected chi connectivity index (χ3v) is 5.48. The first-order chi connectivity index (χ1) is 13.1. The van der Waals surface area contributed by atoms with E-state index in [1.165, 1.54) is 12.1 Å². The van der Waals surface area contributed by atoms with Crippen molar-refractivity contribution in [2.24, 2.45) is 0 Å². The van der Waals surface area contributed by atoms with Crippen LogP contribution in [0.4, 0.5) is 10.1 Å². The Bertz CT molecular complexity index is 674. The van der Waals surface area contributed by atoms with Crippen LogP contribution in [0, 0.1) is 5.82 Å². The maximum absolute atomic E-state index is 13.4. The molecule has 2 N–H and O–H groups in total. The van der Waals surface area contributed by atoms with E-state index >= 15 is 0 Å². The Morgan fingerprint density at radius 2 is 1.96 bits per heavy atom. The summed E-state index contributed by atoms with van der Waals surface area (Å²) in [6, 6.07) is 4.18. The van der Waals surface area contributed by atoms with Crippen LogP contribution in [0.25, 0.3) is 0 Å². The number of hydrogen-bond donors (Lipinski definition) is 2. The van der Waals surface area contributed by atoms with Crippen molar-refractivity contribution in [1.82, 2.24) is 15.1 Å². The monoisotopic (exact) mass is 376 g/mol. The molecule has 1 saturated heterocycles. The van der Waals surface area contributed by atoms with E-state index in [1.807, 2.05) is 0 Å². The number of carbonyl (C=O) groups is 2. The number of benzene rings is 1. The summed E-state index contributed by atoms with van der Waals surface area (Å²) in [4.78, 5) is 29.3. The van der Waals surface area contributed by atoms with Gasteiger partial charge in [0.1, 0.15) is 5.82 Å². The van der Waals surface area contributed by atoms with Gasteiger partial charge in [-0.3, -0.25) is 9.59 Å². The summed E-state index contributed by atoms with van der Waals surface area (Å²) in [6.45, 7) is 9.48. The summed E-state index contributed by atoms with van der Waals surface area (Å²) < 4.78 is 13.4. The summed E-state index contributed by atoms with van der Waals surface area (Å²) >= 11 is 0. The first kappa shape index (κ1) is 19.8. The van der Waals surface area contributed by atoms with Crippen molar-refractivity contribution >= 4 is 17.5 Å². The molecule has 1 aromatic rings. The van der Waals surface area contributed by atoms with Crippen molar-refractivity contribution in [3.05, 3.63) is 29.6 Å². The number of nitrogens with one attached hydrogen (secondary N) is 2. The Labute approximate surface area is 160 Å². The highest BCUT2D eigenvalue weighted by molar-refractivity contribution is 6.01. The number of carbonyl (C=O) groups excluding carboxylic acids is 2. The van der Waals surface area contributed by atoms with E-state index in [-0.39, 0.29) is 18.2 Å². The number of rotatable bonds is 7. The smallest absolute Gasteiger partial charge is 0.228 e. The second kappa shape index (κ2) is 9.28. The van der Waals surface area contributed by atoms with Crippen LogP contribution < -0.4 is 10.6 Å². The number of amides is 2. The number of fused-ring (bicyclic) bond motifs is 1. The van der Waals surface area contributed by atoms with Gasteiger partial charge in [-0.25, -0.2) is 4.39 Å². The lowest BCUT2D eigenvalue weighted by Crippen LogP contribution is -2.46. The number of hydrogen-bond acceptors (Lipinski definition) is 4. The summed E-state index contributed by atoms with van der Waals surface area (Å²) in [5.74, 6) is -1.37. The van der Waals surface area contributed by atoms with E-state index in [4.69, 9.17) is 0 Å². The van der Waals surface area contributed by atoms with Gasteiger partial charge in [-0.15, -0.1) is 0 Å². The van der Waals surface area contributed by atoms with Crippen LogP contribution in [0.15, 0.2) is 18.2 Å². The lowest BCUT2D eigenvalue weighted by molar-refractivity contribution is -0.126. The molecule has 27 heavy (non-hydrogen) atoms. The highest BCUT2D eigenvalue weighted by atomic mass is 19.1. The van der Waals surface area contributed by atoms with Gasteiger partial charge >= 0.3 is 0 Å². The first-order valence-electron chi connectivity index (χ1n) is 9.88. The number of halogens is 1. The molecule has 1 atom stereocenters. The molecule has 2 amide bonds.